The normalized spacial score (nSPS) is 20.0. The van der Waals surface area contributed by atoms with E-state index in [1.165, 1.54) is 0 Å². The fourth-order valence-corrected chi connectivity index (χ4v) is 2.65. The van der Waals surface area contributed by atoms with Crippen LogP contribution in [-0.4, -0.2) is 16.8 Å². The van der Waals surface area contributed by atoms with Crippen LogP contribution in [0.4, 0.5) is 5.69 Å². The zero-order chi connectivity index (χ0) is 15.0. The maximum atomic E-state index is 12.3. The van der Waals surface area contributed by atoms with Crippen LogP contribution in [0.1, 0.15) is 27.9 Å². The number of anilines is 1. The van der Waals surface area contributed by atoms with E-state index in [9.17, 15) is 14.7 Å². The second-order valence-corrected chi connectivity index (χ2v) is 5.28. The molecule has 0 fully saturated rings. The first-order valence-corrected chi connectivity index (χ1v) is 6.74. The highest BCUT2D eigenvalue weighted by molar-refractivity contribution is 6.09. The van der Waals surface area contributed by atoms with Crippen molar-refractivity contribution in [3.8, 4) is 0 Å². The van der Waals surface area contributed by atoms with E-state index >= 15 is 0 Å². The molecule has 1 amide bonds. The van der Waals surface area contributed by atoms with E-state index in [4.69, 9.17) is 0 Å². The number of nitrogens with one attached hydrogen (secondary N) is 1. The number of amides is 1. The van der Waals surface area contributed by atoms with Crippen molar-refractivity contribution in [2.24, 2.45) is 0 Å². The molecule has 0 aliphatic carbocycles. The van der Waals surface area contributed by atoms with Crippen molar-refractivity contribution in [2.75, 3.05) is 5.32 Å². The van der Waals surface area contributed by atoms with Crippen LogP contribution in [0.3, 0.4) is 0 Å². The third-order valence-corrected chi connectivity index (χ3v) is 3.84. The summed E-state index contributed by atoms with van der Waals surface area (Å²) in [5, 5.41) is 13.4. The molecule has 1 aliphatic rings. The standard InChI is InChI=1S/C17H15NO3/c1-11-6-5-9-13-15(11)18-16(20)17(13,21)10-14(19)12-7-3-2-4-8-12/h2-9,21H,10H2,1H3,(H,18,20)/t17-/m1/s1. The van der Waals surface area contributed by atoms with Crippen molar-refractivity contribution in [3.05, 3.63) is 65.2 Å². The number of aliphatic hydroxyl groups is 1. The molecule has 2 aromatic carbocycles. The van der Waals surface area contributed by atoms with Gasteiger partial charge in [0.1, 0.15) is 0 Å². The molecule has 0 saturated carbocycles. The first kappa shape index (κ1) is 13.5. The molecule has 1 aliphatic heterocycles. The molecule has 0 radical (unpaired) electrons. The van der Waals surface area contributed by atoms with Crippen molar-refractivity contribution >= 4 is 17.4 Å². The van der Waals surface area contributed by atoms with E-state index in [2.05, 4.69) is 5.32 Å². The number of hydrogen-bond acceptors (Lipinski definition) is 3. The van der Waals surface area contributed by atoms with Crippen LogP contribution in [0, 0.1) is 6.92 Å². The number of carbonyl (C=O) groups excluding carboxylic acids is 2. The van der Waals surface area contributed by atoms with Gasteiger partial charge in [0, 0.05) is 11.1 Å². The Balaban J connectivity index is 1.97. The molecule has 0 bridgehead atoms. The minimum atomic E-state index is -1.80. The Labute approximate surface area is 122 Å². The molecule has 106 valence electrons. The summed E-state index contributed by atoms with van der Waals surface area (Å²) >= 11 is 0. The number of Topliss-reactive ketones (excluding diaryl/α,β-unsaturated/α-hetero) is 1. The van der Waals surface area contributed by atoms with Gasteiger partial charge in [0.15, 0.2) is 11.4 Å². The highest BCUT2D eigenvalue weighted by Crippen LogP contribution is 2.40. The Bertz CT molecular complexity index is 724. The lowest BCUT2D eigenvalue weighted by atomic mass is 9.87. The predicted octanol–water partition coefficient (Wildman–Crippen LogP) is 2.41. The highest BCUT2D eigenvalue weighted by atomic mass is 16.3. The quantitative estimate of drug-likeness (QED) is 0.849. The van der Waals surface area contributed by atoms with Crippen LogP contribution in [0.25, 0.3) is 0 Å². The van der Waals surface area contributed by atoms with E-state index in [0.29, 0.717) is 16.8 Å². The summed E-state index contributed by atoms with van der Waals surface area (Å²) in [4.78, 5) is 24.5. The molecule has 2 aromatic rings. The molecular formula is C17H15NO3. The average molecular weight is 281 g/mol. The number of para-hydroxylation sites is 1. The number of benzene rings is 2. The van der Waals surface area contributed by atoms with Gasteiger partial charge in [-0.2, -0.15) is 0 Å². The van der Waals surface area contributed by atoms with Gasteiger partial charge in [-0.05, 0) is 12.5 Å². The topological polar surface area (TPSA) is 66.4 Å². The van der Waals surface area contributed by atoms with Gasteiger partial charge in [-0.1, -0.05) is 48.5 Å². The molecule has 1 heterocycles. The SMILES string of the molecule is Cc1cccc2c1NC(=O)[C@@]2(O)CC(=O)c1ccccc1. The minimum absolute atomic E-state index is 0.261. The number of ketones is 1. The molecule has 0 saturated heterocycles. The first-order valence-electron chi connectivity index (χ1n) is 6.74. The largest absolute Gasteiger partial charge is 0.375 e. The lowest BCUT2D eigenvalue weighted by molar-refractivity contribution is -0.133. The van der Waals surface area contributed by atoms with Crippen molar-refractivity contribution in [3.63, 3.8) is 0 Å². The summed E-state index contributed by atoms with van der Waals surface area (Å²) in [6.45, 7) is 1.85. The zero-order valence-corrected chi connectivity index (χ0v) is 11.6. The third kappa shape index (κ3) is 2.14. The number of fused-ring (bicyclic) bond motifs is 1. The third-order valence-electron chi connectivity index (χ3n) is 3.84. The smallest absolute Gasteiger partial charge is 0.261 e. The molecule has 0 unspecified atom stereocenters. The van der Waals surface area contributed by atoms with Gasteiger partial charge in [-0.15, -0.1) is 0 Å². The molecule has 4 nitrogen and oxygen atoms in total. The Kier molecular flexibility index (Phi) is 3.11. The lowest BCUT2D eigenvalue weighted by Crippen LogP contribution is -2.36. The fourth-order valence-electron chi connectivity index (χ4n) is 2.65. The van der Waals surface area contributed by atoms with Gasteiger partial charge in [-0.3, -0.25) is 9.59 Å². The molecule has 0 spiro atoms. The van der Waals surface area contributed by atoms with Gasteiger partial charge < -0.3 is 10.4 Å². The number of carbonyl (C=O) groups is 2. The van der Waals surface area contributed by atoms with Crippen LogP contribution in [0.5, 0.6) is 0 Å². The molecule has 0 aromatic heterocycles. The monoisotopic (exact) mass is 281 g/mol. The van der Waals surface area contributed by atoms with Crippen molar-refractivity contribution < 1.29 is 14.7 Å². The van der Waals surface area contributed by atoms with Crippen LogP contribution in [-0.2, 0) is 10.4 Å². The Morgan fingerprint density at radius 2 is 1.86 bits per heavy atom. The summed E-state index contributed by atoms with van der Waals surface area (Å²) in [6, 6.07) is 14.0. The van der Waals surface area contributed by atoms with E-state index in [0.717, 1.165) is 5.56 Å². The first-order chi connectivity index (χ1) is 10.0. The lowest BCUT2D eigenvalue weighted by Gasteiger charge is -2.20. The van der Waals surface area contributed by atoms with Crippen molar-refractivity contribution in [1.29, 1.82) is 0 Å². The minimum Gasteiger partial charge on any atom is -0.375 e. The molecule has 4 heteroatoms. The van der Waals surface area contributed by atoms with Crippen molar-refractivity contribution in [1.82, 2.24) is 0 Å². The van der Waals surface area contributed by atoms with Crippen LogP contribution in [0.15, 0.2) is 48.5 Å². The van der Waals surface area contributed by atoms with Crippen LogP contribution >= 0.6 is 0 Å². The molecule has 3 rings (SSSR count). The maximum Gasteiger partial charge on any atom is 0.261 e. The summed E-state index contributed by atoms with van der Waals surface area (Å²) in [5.41, 5.74) is 0.625. The molecular weight excluding hydrogens is 266 g/mol. The van der Waals surface area contributed by atoms with Crippen LogP contribution < -0.4 is 5.32 Å². The fraction of sp³-hybridized carbons (Fsp3) is 0.176. The second kappa shape index (κ2) is 4.82. The summed E-state index contributed by atoms with van der Waals surface area (Å²) in [7, 11) is 0. The predicted molar refractivity (Wildman–Crippen MR) is 79.1 cm³/mol. The number of hydrogen-bond donors (Lipinski definition) is 2. The van der Waals surface area contributed by atoms with Gasteiger partial charge in [0.25, 0.3) is 5.91 Å². The summed E-state index contributed by atoms with van der Waals surface area (Å²) < 4.78 is 0. The summed E-state index contributed by atoms with van der Waals surface area (Å²) in [5.74, 6) is -0.807. The maximum absolute atomic E-state index is 12.3. The summed E-state index contributed by atoms with van der Waals surface area (Å²) in [6.07, 6.45) is -0.265. The number of rotatable bonds is 3. The van der Waals surface area contributed by atoms with Crippen molar-refractivity contribution in [2.45, 2.75) is 18.9 Å². The van der Waals surface area contributed by atoms with Gasteiger partial charge >= 0.3 is 0 Å². The molecule has 2 N–H and O–H groups in total. The van der Waals surface area contributed by atoms with Gasteiger partial charge in [-0.25, -0.2) is 0 Å². The van der Waals surface area contributed by atoms with Gasteiger partial charge in [0.05, 0.1) is 12.1 Å². The van der Waals surface area contributed by atoms with E-state index in [-0.39, 0.29) is 12.2 Å². The second-order valence-electron chi connectivity index (χ2n) is 5.28. The number of aryl methyl sites for hydroxylation is 1. The van der Waals surface area contributed by atoms with Crippen LogP contribution in [0.2, 0.25) is 0 Å². The van der Waals surface area contributed by atoms with Gasteiger partial charge in [0.2, 0.25) is 0 Å². The molecule has 1 atom stereocenters. The Morgan fingerprint density at radius 1 is 1.14 bits per heavy atom. The average Bonchev–Trinajstić information content (AvgIpc) is 2.74. The Hall–Kier alpha value is -2.46. The highest BCUT2D eigenvalue weighted by Gasteiger charge is 2.47. The zero-order valence-electron chi connectivity index (χ0n) is 11.6. The van der Waals surface area contributed by atoms with E-state index < -0.39 is 11.5 Å². The molecule has 21 heavy (non-hydrogen) atoms. The van der Waals surface area contributed by atoms with E-state index in [1.807, 2.05) is 19.1 Å². The Morgan fingerprint density at radius 3 is 2.57 bits per heavy atom. The van der Waals surface area contributed by atoms with E-state index in [1.54, 1.807) is 36.4 Å².